The SMILES string of the molecule is COc1cc(CNC(=O)c2ccoc2Cl)ccn1. The van der Waals surface area contributed by atoms with E-state index in [0.717, 1.165) is 5.56 Å². The Kier molecular flexibility index (Phi) is 3.84. The van der Waals surface area contributed by atoms with Gasteiger partial charge in [-0.05, 0) is 29.3 Å². The second kappa shape index (κ2) is 5.55. The highest BCUT2D eigenvalue weighted by atomic mass is 35.5. The van der Waals surface area contributed by atoms with E-state index in [1.807, 2.05) is 0 Å². The number of nitrogens with one attached hydrogen (secondary N) is 1. The molecule has 0 saturated heterocycles. The van der Waals surface area contributed by atoms with E-state index in [-0.39, 0.29) is 11.1 Å². The third-order valence-electron chi connectivity index (χ3n) is 2.32. The summed E-state index contributed by atoms with van der Waals surface area (Å²) in [7, 11) is 1.54. The zero-order valence-electron chi connectivity index (χ0n) is 9.64. The number of amides is 1. The highest BCUT2D eigenvalue weighted by Gasteiger charge is 2.12. The topological polar surface area (TPSA) is 64.4 Å². The Balaban J connectivity index is 1.99. The molecule has 1 N–H and O–H groups in total. The molecule has 0 spiro atoms. The Morgan fingerprint density at radius 1 is 1.56 bits per heavy atom. The summed E-state index contributed by atoms with van der Waals surface area (Å²) in [5.74, 6) is 0.215. The van der Waals surface area contributed by atoms with Crippen molar-refractivity contribution in [2.75, 3.05) is 7.11 Å². The number of carbonyl (C=O) groups excluding carboxylic acids is 1. The van der Waals surface area contributed by atoms with Crippen LogP contribution in [-0.4, -0.2) is 18.0 Å². The van der Waals surface area contributed by atoms with E-state index in [1.54, 1.807) is 18.3 Å². The number of pyridine rings is 1. The van der Waals surface area contributed by atoms with Crippen LogP contribution in [0.4, 0.5) is 0 Å². The lowest BCUT2D eigenvalue weighted by atomic mass is 10.2. The Morgan fingerprint density at radius 3 is 3.06 bits per heavy atom. The first-order valence-corrected chi connectivity index (χ1v) is 5.58. The number of hydrogen-bond donors (Lipinski definition) is 1. The first-order chi connectivity index (χ1) is 8.70. The smallest absolute Gasteiger partial charge is 0.256 e. The molecule has 2 aromatic rings. The molecule has 2 aromatic heterocycles. The molecule has 0 bridgehead atoms. The second-order valence-corrected chi connectivity index (χ2v) is 3.84. The van der Waals surface area contributed by atoms with Crippen molar-refractivity contribution in [2.45, 2.75) is 6.54 Å². The van der Waals surface area contributed by atoms with Crippen molar-refractivity contribution in [1.29, 1.82) is 0 Å². The van der Waals surface area contributed by atoms with Gasteiger partial charge in [-0.1, -0.05) is 0 Å². The van der Waals surface area contributed by atoms with E-state index in [1.165, 1.54) is 19.4 Å². The largest absolute Gasteiger partial charge is 0.481 e. The number of carbonyl (C=O) groups is 1. The van der Waals surface area contributed by atoms with Gasteiger partial charge in [-0.15, -0.1) is 0 Å². The molecule has 18 heavy (non-hydrogen) atoms. The molecule has 0 unspecified atom stereocenters. The molecule has 0 aliphatic heterocycles. The van der Waals surface area contributed by atoms with Crippen LogP contribution >= 0.6 is 11.6 Å². The number of rotatable bonds is 4. The van der Waals surface area contributed by atoms with Crippen LogP contribution in [0, 0.1) is 0 Å². The van der Waals surface area contributed by atoms with Gasteiger partial charge in [-0.25, -0.2) is 4.98 Å². The van der Waals surface area contributed by atoms with E-state index in [0.29, 0.717) is 18.0 Å². The number of methoxy groups -OCH3 is 1. The van der Waals surface area contributed by atoms with Crippen molar-refractivity contribution in [3.63, 3.8) is 0 Å². The van der Waals surface area contributed by atoms with Gasteiger partial charge in [0.2, 0.25) is 11.1 Å². The van der Waals surface area contributed by atoms with Crippen LogP contribution in [0.3, 0.4) is 0 Å². The Hall–Kier alpha value is -2.01. The maximum atomic E-state index is 11.8. The van der Waals surface area contributed by atoms with Crippen molar-refractivity contribution in [2.24, 2.45) is 0 Å². The summed E-state index contributed by atoms with van der Waals surface area (Å²) >= 11 is 5.71. The fourth-order valence-corrected chi connectivity index (χ4v) is 1.61. The molecule has 0 aliphatic rings. The second-order valence-electron chi connectivity index (χ2n) is 3.50. The minimum absolute atomic E-state index is 0.0832. The molecule has 2 rings (SSSR count). The van der Waals surface area contributed by atoms with Crippen LogP contribution in [0.15, 0.2) is 35.1 Å². The maximum absolute atomic E-state index is 11.8. The lowest BCUT2D eigenvalue weighted by Crippen LogP contribution is -2.22. The molecule has 2 heterocycles. The highest BCUT2D eigenvalue weighted by Crippen LogP contribution is 2.16. The molecule has 5 nitrogen and oxygen atoms in total. The molecule has 0 fully saturated rings. The average Bonchev–Trinajstić information content (AvgIpc) is 2.82. The highest BCUT2D eigenvalue weighted by molar-refractivity contribution is 6.32. The van der Waals surface area contributed by atoms with Crippen LogP contribution in [0.5, 0.6) is 5.88 Å². The standard InChI is InChI=1S/C12H11ClN2O3/c1-17-10-6-8(2-4-14-10)7-15-12(16)9-3-5-18-11(9)13/h2-6H,7H2,1H3,(H,15,16). The molecule has 0 radical (unpaired) electrons. The fraction of sp³-hybridized carbons (Fsp3) is 0.167. The van der Waals surface area contributed by atoms with Crippen LogP contribution in [0.2, 0.25) is 5.22 Å². The summed E-state index contributed by atoms with van der Waals surface area (Å²) < 4.78 is 9.84. The quantitative estimate of drug-likeness (QED) is 0.922. The van der Waals surface area contributed by atoms with Gasteiger partial charge in [-0.2, -0.15) is 0 Å². The van der Waals surface area contributed by atoms with E-state index in [9.17, 15) is 4.79 Å². The number of furan rings is 1. The summed E-state index contributed by atoms with van der Waals surface area (Å²) in [4.78, 5) is 15.7. The molecule has 0 aliphatic carbocycles. The lowest BCUT2D eigenvalue weighted by Gasteiger charge is -2.05. The number of nitrogens with zero attached hydrogens (tertiary/aromatic N) is 1. The number of hydrogen-bond acceptors (Lipinski definition) is 4. The molecular weight excluding hydrogens is 256 g/mol. The third-order valence-corrected chi connectivity index (χ3v) is 2.62. The van der Waals surface area contributed by atoms with Gasteiger partial charge in [0.15, 0.2) is 0 Å². The first kappa shape index (κ1) is 12.4. The molecular formula is C12H11ClN2O3. The molecule has 0 atom stereocenters. The van der Waals surface area contributed by atoms with Crippen LogP contribution in [-0.2, 0) is 6.54 Å². The predicted molar refractivity (Wildman–Crippen MR) is 65.7 cm³/mol. The van der Waals surface area contributed by atoms with Gasteiger partial charge < -0.3 is 14.5 Å². The summed E-state index contributed by atoms with van der Waals surface area (Å²) in [6.07, 6.45) is 2.98. The van der Waals surface area contributed by atoms with Crippen molar-refractivity contribution in [3.05, 3.63) is 47.0 Å². The van der Waals surface area contributed by atoms with Crippen molar-refractivity contribution >= 4 is 17.5 Å². The Labute approximate surface area is 109 Å². The van der Waals surface area contributed by atoms with Crippen LogP contribution in [0.25, 0.3) is 0 Å². The van der Waals surface area contributed by atoms with Crippen molar-refractivity contribution in [3.8, 4) is 5.88 Å². The Morgan fingerprint density at radius 2 is 2.39 bits per heavy atom. The van der Waals surface area contributed by atoms with E-state index < -0.39 is 0 Å². The average molecular weight is 267 g/mol. The van der Waals surface area contributed by atoms with Crippen LogP contribution < -0.4 is 10.1 Å². The van der Waals surface area contributed by atoms with E-state index in [4.69, 9.17) is 20.8 Å². The van der Waals surface area contributed by atoms with Gasteiger partial charge in [-0.3, -0.25) is 4.79 Å². The van der Waals surface area contributed by atoms with E-state index >= 15 is 0 Å². The number of halogens is 1. The molecule has 1 amide bonds. The number of ether oxygens (including phenoxy) is 1. The van der Waals surface area contributed by atoms with Crippen molar-refractivity contribution in [1.82, 2.24) is 10.3 Å². The molecule has 94 valence electrons. The minimum atomic E-state index is -0.287. The van der Waals surface area contributed by atoms with Gasteiger partial charge in [0.05, 0.1) is 18.9 Å². The third kappa shape index (κ3) is 2.81. The Bertz CT molecular complexity index is 554. The molecule has 0 aromatic carbocycles. The van der Waals surface area contributed by atoms with Crippen LogP contribution in [0.1, 0.15) is 15.9 Å². The predicted octanol–water partition coefficient (Wildman–Crippen LogP) is 2.27. The maximum Gasteiger partial charge on any atom is 0.256 e. The zero-order chi connectivity index (χ0) is 13.0. The summed E-state index contributed by atoms with van der Waals surface area (Å²) in [5, 5.41) is 2.81. The summed E-state index contributed by atoms with van der Waals surface area (Å²) in [5.41, 5.74) is 1.20. The normalized spacial score (nSPS) is 10.1. The fourth-order valence-electron chi connectivity index (χ4n) is 1.41. The molecule has 6 heteroatoms. The monoisotopic (exact) mass is 266 g/mol. The minimum Gasteiger partial charge on any atom is -0.481 e. The zero-order valence-corrected chi connectivity index (χ0v) is 10.4. The van der Waals surface area contributed by atoms with Gasteiger partial charge in [0.1, 0.15) is 0 Å². The first-order valence-electron chi connectivity index (χ1n) is 5.21. The van der Waals surface area contributed by atoms with Crippen molar-refractivity contribution < 1.29 is 13.9 Å². The molecule has 0 saturated carbocycles. The van der Waals surface area contributed by atoms with E-state index in [2.05, 4.69) is 10.3 Å². The van der Waals surface area contributed by atoms with Gasteiger partial charge >= 0.3 is 0 Å². The van der Waals surface area contributed by atoms with Gasteiger partial charge in [0.25, 0.3) is 5.91 Å². The summed E-state index contributed by atoms with van der Waals surface area (Å²) in [6.45, 7) is 0.360. The van der Waals surface area contributed by atoms with Gasteiger partial charge in [0, 0.05) is 18.8 Å². The number of aromatic nitrogens is 1. The summed E-state index contributed by atoms with van der Waals surface area (Å²) in [6, 6.07) is 5.06. The lowest BCUT2D eigenvalue weighted by molar-refractivity contribution is 0.0950.